The van der Waals surface area contributed by atoms with Crippen LogP contribution in [-0.4, -0.2) is 56.3 Å². The fraction of sp³-hybridized carbons (Fsp3) is 0.304. The van der Waals surface area contributed by atoms with Gasteiger partial charge in [-0.05, 0) is 42.0 Å². The third-order valence-corrected chi connectivity index (χ3v) is 5.98. The van der Waals surface area contributed by atoms with E-state index >= 15 is 0 Å². The number of methoxy groups -OCH3 is 2. The van der Waals surface area contributed by atoms with Crippen LogP contribution in [0.3, 0.4) is 0 Å². The molecule has 1 fully saturated rings. The van der Waals surface area contributed by atoms with E-state index in [2.05, 4.69) is 27.3 Å². The molecule has 1 amide bonds. The second-order valence-electron chi connectivity index (χ2n) is 7.14. The van der Waals surface area contributed by atoms with Crippen molar-refractivity contribution in [3.63, 3.8) is 0 Å². The Morgan fingerprint density at radius 3 is 2.81 bits per heavy atom. The maximum Gasteiger partial charge on any atom is 0.250 e. The third-order valence-electron chi connectivity index (χ3n) is 5.04. The van der Waals surface area contributed by atoms with E-state index in [1.165, 1.54) is 23.0 Å². The van der Waals surface area contributed by atoms with E-state index in [-0.39, 0.29) is 5.91 Å². The monoisotopic (exact) mass is 439 g/mol. The van der Waals surface area contributed by atoms with Gasteiger partial charge < -0.3 is 14.2 Å². The van der Waals surface area contributed by atoms with Gasteiger partial charge in [0.05, 0.1) is 37.6 Å². The molecular formula is C23H25N3O4S. The lowest BCUT2D eigenvalue weighted by Gasteiger charge is -2.26. The van der Waals surface area contributed by atoms with Gasteiger partial charge in [0.25, 0.3) is 0 Å². The Morgan fingerprint density at radius 2 is 2.03 bits per heavy atom. The largest absolute Gasteiger partial charge is 0.497 e. The van der Waals surface area contributed by atoms with Gasteiger partial charge in [-0.15, -0.1) is 0 Å². The van der Waals surface area contributed by atoms with Gasteiger partial charge in [0, 0.05) is 31.3 Å². The van der Waals surface area contributed by atoms with Gasteiger partial charge in [0.15, 0.2) is 5.13 Å². The molecule has 1 aliphatic heterocycles. The van der Waals surface area contributed by atoms with Crippen molar-refractivity contribution in [2.45, 2.75) is 6.54 Å². The van der Waals surface area contributed by atoms with Crippen LogP contribution in [-0.2, 0) is 16.1 Å². The van der Waals surface area contributed by atoms with E-state index in [9.17, 15) is 4.79 Å². The second-order valence-corrected chi connectivity index (χ2v) is 8.17. The summed E-state index contributed by atoms with van der Waals surface area (Å²) in [6.07, 6.45) is 3.16. The number of hydrogen-bond donors (Lipinski definition) is 1. The summed E-state index contributed by atoms with van der Waals surface area (Å²) in [6.45, 7) is 4.37. The second kappa shape index (κ2) is 9.91. The Hall–Kier alpha value is -2.94. The quantitative estimate of drug-likeness (QED) is 0.565. The first-order valence-electron chi connectivity index (χ1n) is 10.1. The highest BCUT2D eigenvalue weighted by atomic mass is 32.1. The number of benzene rings is 2. The van der Waals surface area contributed by atoms with E-state index in [4.69, 9.17) is 14.2 Å². The molecule has 7 nitrogen and oxygen atoms in total. The highest BCUT2D eigenvalue weighted by molar-refractivity contribution is 7.22. The van der Waals surface area contributed by atoms with Crippen molar-refractivity contribution in [3.05, 3.63) is 53.6 Å². The maximum atomic E-state index is 12.4. The lowest BCUT2D eigenvalue weighted by atomic mass is 10.1. The molecule has 1 saturated heterocycles. The Labute approximate surface area is 185 Å². The number of anilines is 1. The number of rotatable bonds is 7. The van der Waals surface area contributed by atoms with E-state index in [0.717, 1.165) is 48.6 Å². The predicted molar refractivity (Wildman–Crippen MR) is 123 cm³/mol. The van der Waals surface area contributed by atoms with Gasteiger partial charge in [-0.2, -0.15) is 0 Å². The highest BCUT2D eigenvalue weighted by Gasteiger charge is 2.12. The minimum absolute atomic E-state index is 0.252. The Bertz CT molecular complexity index is 1090. The van der Waals surface area contributed by atoms with E-state index in [0.29, 0.717) is 16.6 Å². The molecule has 0 aliphatic carbocycles. The summed E-state index contributed by atoms with van der Waals surface area (Å²) in [5.74, 6) is 1.11. The lowest BCUT2D eigenvalue weighted by Crippen LogP contribution is -2.35. The third kappa shape index (κ3) is 5.41. The van der Waals surface area contributed by atoms with Crippen molar-refractivity contribution in [3.8, 4) is 11.5 Å². The zero-order chi connectivity index (χ0) is 21.6. The van der Waals surface area contributed by atoms with Gasteiger partial charge in [-0.25, -0.2) is 4.98 Å². The van der Waals surface area contributed by atoms with Crippen molar-refractivity contribution < 1.29 is 19.0 Å². The van der Waals surface area contributed by atoms with Gasteiger partial charge in [-0.1, -0.05) is 17.4 Å². The van der Waals surface area contributed by atoms with Crippen molar-refractivity contribution >= 4 is 38.7 Å². The van der Waals surface area contributed by atoms with Crippen LogP contribution in [0.4, 0.5) is 5.13 Å². The number of carbonyl (C=O) groups is 1. The molecule has 0 atom stereocenters. The van der Waals surface area contributed by atoms with Crippen LogP contribution in [0.15, 0.2) is 42.5 Å². The average Bonchev–Trinajstić information content (AvgIpc) is 3.19. The van der Waals surface area contributed by atoms with Gasteiger partial charge in [0.2, 0.25) is 5.91 Å². The molecule has 0 unspecified atom stereocenters. The summed E-state index contributed by atoms with van der Waals surface area (Å²) in [7, 11) is 3.19. The summed E-state index contributed by atoms with van der Waals surface area (Å²) in [5.41, 5.74) is 2.87. The number of nitrogens with one attached hydrogen (secondary N) is 1. The predicted octanol–water partition coefficient (Wildman–Crippen LogP) is 3.80. The number of aromatic nitrogens is 1. The van der Waals surface area contributed by atoms with Crippen LogP contribution in [0.1, 0.15) is 11.1 Å². The van der Waals surface area contributed by atoms with Crippen LogP contribution in [0.5, 0.6) is 11.5 Å². The minimum atomic E-state index is -0.252. The lowest BCUT2D eigenvalue weighted by molar-refractivity contribution is -0.111. The molecule has 1 aromatic heterocycles. The molecule has 1 N–H and O–H groups in total. The van der Waals surface area contributed by atoms with E-state index in [1.54, 1.807) is 26.4 Å². The molecular weight excluding hydrogens is 414 g/mol. The first kappa shape index (κ1) is 21.3. The molecule has 0 bridgehead atoms. The smallest absolute Gasteiger partial charge is 0.250 e. The molecule has 1 aliphatic rings. The molecule has 4 rings (SSSR count). The number of amides is 1. The SMILES string of the molecule is COc1ccc(OC)c(/C=C/C(=O)Nc2nc3ccc(CN4CCOCC4)cc3s2)c1. The fourth-order valence-corrected chi connectivity index (χ4v) is 4.35. The minimum Gasteiger partial charge on any atom is -0.497 e. The first-order chi connectivity index (χ1) is 15.1. The average molecular weight is 440 g/mol. The molecule has 162 valence electrons. The van der Waals surface area contributed by atoms with Crippen LogP contribution in [0, 0.1) is 0 Å². The van der Waals surface area contributed by atoms with Crippen molar-refractivity contribution in [1.29, 1.82) is 0 Å². The molecule has 0 spiro atoms. The molecule has 2 aromatic carbocycles. The highest BCUT2D eigenvalue weighted by Crippen LogP contribution is 2.28. The zero-order valence-electron chi connectivity index (χ0n) is 17.6. The summed E-state index contributed by atoms with van der Waals surface area (Å²) in [5, 5.41) is 3.43. The summed E-state index contributed by atoms with van der Waals surface area (Å²) >= 11 is 1.47. The van der Waals surface area contributed by atoms with Crippen molar-refractivity contribution in [2.75, 3.05) is 45.8 Å². The number of morpholine rings is 1. The summed E-state index contributed by atoms with van der Waals surface area (Å²) < 4.78 is 17.0. The van der Waals surface area contributed by atoms with Crippen molar-refractivity contribution in [2.24, 2.45) is 0 Å². The molecule has 0 radical (unpaired) electrons. The number of nitrogens with zero attached hydrogens (tertiary/aromatic N) is 2. The van der Waals surface area contributed by atoms with Crippen molar-refractivity contribution in [1.82, 2.24) is 9.88 Å². The topological polar surface area (TPSA) is 72.9 Å². The number of hydrogen-bond acceptors (Lipinski definition) is 7. The summed E-state index contributed by atoms with van der Waals surface area (Å²) in [4.78, 5) is 19.3. The molecule has 3 aromatic rings. The summed E-state index contributed by atoms with van der Waals surface area (Å²) in [6, 6.07) is 11.7. The Kier molecular flexibility index (Phi) is 6.81. The molecule has 8 heteroatoms. The standard InChI is InChI=1S/C23H25N3O4S/c1-28-18-5-7-20(29-2)17(14-18)4-8-22(27)25-23-24-19-6-3-16(13-21(19)31-23)15-26-9-11-30-12-10-26/h3-8,13-14H,9-12,15H2,1-2H3,(H,24,25,27)/b8-4+. The van der Waals surface area contributed by atoms with E-state index in [1.807, 2.05) is 18.2 Å². The normalized spacial score (nSPS) is 14.8. The first-order valence-corrected chi connectivity index (χ1v) is 10.9. The molecule has 31 heavy (non-hydrogen) atoms. The molecule has 2 heterocycles. The maximum absolute atomic E-state index is 12.4. The van der Waals surface area contributed by atoms with Crippen LogP contribution < -0.4 is 14.8 Å². The number of thiazole rings is 1. The van der Waals surface area contributed by atoms with Crippen LogP contribution >= 0.6 is 11.3 Å². The Balaban J connectivity index is 1.43. The number of carbonyl (C=O) groups excluding carboxylic acids is 1. The number of ether oxygens (including phenoxy) is 3. The van der Waals surface area contributed by atoms with Gasteiger partial charge in [-0.3, -0.25) is 15.0 Å². The zero-order valence-corrected chi connectivity index (χ0v) is 18.4. The number of fused-ring (bicyclic) bond motifs is 1. The van der Waals surface area contributed by atoms with Gasteiger partial charge >= 0.3 is 0 Å². The van der Waals surface area contributed by atoms with Gasteiger partial charge in [0.1, 0.15) is 11.5 Å². The van der Waals surface area contributed by atoms with E-state index < -0.39 is 0 Å². The Morgan fingerprint density at radius 1 is 1.19 bits per heavy atom. The molecule has 0 saturated carbocycles. The fourth-order valence-electron chi connectivity index (χ4n) is 3.42. The van der Waals surface area contributed by atoms with Crippen LogP contribution in [0.25, 0.3) is 16.3 Å². The van der Waals surface area contributed by atoms with Crippen LogP contribution in [0.2, 0.25) is 0 Å².